The number of hydrogen-bond donors (Lipinski definition) is 4. The molecule has 22 heteroatoms. The molecule has 2 aliphatic rings. The number of benzene rings is 8. The standard InChI is InChI=1S/C32H27F6NO2.C25H20ClF6NO2.C7H9BO2/c1-21-7-4-9-23(15-21)24-10-6-11-25(17-24)30(18-22-8-5-12-26(16-22)41-32(36,37)38)20-39(19-29(40)31(33,34)35)28-14-3-2-13-27(28)30;26-18-7-4-6-17(12-18)23(13-16-5-3-8-19(11-16)35-25(30,31)32)15-33(14-22(34)24(27,28)29)21-10-2-1-9-20(21)23;1-6-3-2-4-7(5-6)8(9)10/h2-17,29,40H,18-20H2,1H3;1-12,22,34H,13-15H2;2-5,9-10H,1H3/t29-,30?;22-,23?;/m11./s1. The first kappa shape index (κ1) is 64.3. The van der Waals surface area contributed by atoms with Crippen LogP contribution in [0.15, 0.2) is 194 Å². The highest BCUT2D eigenvalue weighted by molar-refractivity contribution is 6.58. The van der Waals surface area contributed by atoms with Crippen molar-refractivity contribution in [3.8, 4) is 22.6 Å². The summed E-state index contributed by atoms with van der Waals surface area (Å²) in [5.74, 6) is -0.777. The first-order chi connectivity index (χ1) is 40.4. The summed E-state index contributed by atoms with van der Waals surface area (Å²) in [6, 6.07) is 54.5. The highest BCUT2D eigenvalue weighted by Crippen LogP contribution is 2.50. The first-order valence-corrected chi connectivity index (χ1v) is 27.0. The Bertz CT molecular complexity index is 3600. The first-order valence-electron chi connectivity index (χ1n) is 26.7. The van der Waals surface area contributed by atoms with Gasteiger partial charge in [-0.25, -0.2) is 0 Å². The zero-order valence-corrected chi connectivity index (χ0v) is 46.6. The van der Waals surface area contributed by atoms with E-state index in [1.54, 1.807) is 97.1 Å². The van der Waals surface area contributed by atoms with Crippen LogP contribution in [0.3, 0.4) is 0 Å². The minimum Gasteiger partial charge on any atom is -0.423 e. The van der Waals surface area contributed by atoms with E-state index >= 15 is 0 Å². The Morgan fingerprint density at radius 1 is 0.477 bits per heavy atom. The van der Waals surface area contributed by atoms with Crippen molar-refractivity contribution in [2.24, 2.45) is 0 Å². The number of fused-ring (bicyclic) bond motifs is 2. The number of hydrogen-bond acceptors (Lipinski definition) is 8. The van der Waals surface area contributed by atoms with Crippen LogP contribution in [0.1, 0.15) is 44.5 Å². The topological polar surface area (TPSA) is 106 Å². The molecule has 0 bridgehead atoms. The molecule has 0 saturated carbocycles. The number of β-amino-alcohol motifs (C(OH)–C–C–N with tert-alkyl or cyclic N) is 2. The predicted molar refractivity (Wildman–Crippen MR) is 306 cm³/mol. The molecule has 0 aliphatic carbocycles. The largest absolute Gasteiger partial charge is 0.573 e. The third kappa shape index (κ3) is 16.0. The van der Waals surface area contributed by atoms with Gasteiger partial charge in [-0.15, -0.1) is 26.3 Å². The average Bonchev–Trinajstić information content (AvgIpc) is 1.59. The van der Waals surface area contributed by atoms with Crippen molar-refractivity contribution in [1.82, 2.24) is 0 Å². The fourth-order valence-electron chi connectivity index (χ4n) is 11.1. The van der Waals surface area contributed by atoms with Crippen molar-refractivity contribution < 1.29 is 82.4 Å². The summed E-state index contributed by atoms with van der Waals surface area (Å²) < 4.78 is 165. The van der Waals surface area contributed by atoms with E-state index in [0.29, 0.717) is 44.1 Å². The van der Waals surface area contributed by atoms with Gasteiger partial charge in [0.1, 0.15) is 11.5 Å². The maximum Gasteiger partial charge on any atom is 0.573 e. The summed E-state index contributed by atoms with van der Waals surface area (Å²) in [7, 11) is -1.35. The Balaban J connectivity index is 0.000000194. The lowest BCUT2D eigenvalue weighted by molar-refractivity contribution is -0.275. The molecule has 452 valence electrons. The summed E-state index contributed by atoms with van der Waals surface area (Å²) in [6.45, 7) is 2.62. The Kier molecular flexibility index (Phi) is 19.5. The fraction of sp³-hybridized carbons (Fsp3) is 0.250. The number of alkyl halides is 12. The molecule has 86 heavy (non-hydrogen) atoms. The summed E-state index contributed by atoms with van der Waals surface area (Å²) in [5, 5.41) is 37.6. The lowest BCUT2D eigenvalue weighted by atomic mass is 9.71. The van der Waals surface area contributed by atoms with Crippen molar-refractivity contribution in [2.45, 2.75) is 74.8 Å². The fourth-order valence-corrected chi connectivity index (χ4v) is 11.3. The van der Waals surface area contributed by atoms with E-state index in [9.17, 15) is 62.9 Å². The van der Waals surface area contributed by atoms with E-state index in [0.717, 1.165) is 33.4 Å². The number of halogens is 13. The normalized spacial score (nSPS) is 17.3. The van der Waals surface area contributed by atoms with Gasteiger partial charge in [-0.2, -0.15) is 26.3 Å². The lowest BCUT2D eigenvalue weighted by Crippen LogP contribution is -2.44. The van der Waals surface area contributed by atoms with Gasteiger partial charge in [0.2, 0.25) is 0 Å². The summed E-state index contributed by atoms with van der Waals surface area (Å²) in [6.07, 6.45) is -24.2. The van der Waals surface area contributed by atoms with Gasteiger partial charge in [-0.05, 0) is 125 Å². The number of ether oxygens (including phenoxy) is 2. The molecular formula is C64H56BClF12N2O6. The Labute approximate surface area is 493 Å². The van der Waals surface area contributed by atoms with Crippen molar-refractivity contribution in [1.29, 1.82) is 0 Å². The van der Waals surface area contributed by atoms with Crippen LogP contribution in [0.5, 0.6) is 11.5 Å². The van der Waals surface area contributed by atoms with Crippen LogP contribution >= 0.6 is 11.6 Å². The van der Waals surface area contributed by atoms with Crippen LogP contribution in [0.25, 0.3) is 11.1 Å². The van der Waals surface area contributed by atoms with Gasteiger partial charge < -0.3 is 39.5 Å². The van der Waals surface area contributed by atoms with Crippen LogP contribution in [0, 0.1) is 13.8 Å². The third-order valence-corrected chi connectivity index (χ3v) is 15.0. The van der Waals surface area contributed by atoms with Crippen molar-refractivity contribution >= 4 is 35.6 Å². The van der Waals surface area contributed by atoms with Crippen LogP contribution in [-0.4, -0.2) is 90.8 Å². The van der Waals surface area contributed by atoms with Gasteiger partial charge >= 0.3 is 32.2 Å². The van der Waals surface area contributed by atoms with Gasteiger partial charge in [0.15, 0.2) is 12.2 Å². The van der Waals surface area contributed by atoms with E-state index < -0.39 is 74.1 Å². The molecule has 10 rings (SSSR count). The highest BCUT2D eigenvalue weighted by atomic mass is 35.5. The molecule has 8 aromatic carbocycles. The molecule has 8 nitrogen and oxygen atoms in total. The van der Waals surface area contributed by atoms with E-state index in [2.05, 4.69) is 9.47 Å². The second-order valence-corrected chi connectivity index (χ2v) is 21.5. The number of nitrogens with zero attached hydrogens (tertiary/aromatic N) is 2. The quantitative estimate of drug-likeness (QED) is 0.0630. The molecule has 4 N–H and O–H groups in total. The monoisotopic (exact) mass is 1220 g/mol. The van der Waals surface area contributed by atoms with Gasteiger partial charge in [-0.3, -0.25) is 0 Å². The Morgan fingerprint density at radius 3 is 1.30 bits per heavy atom. The molecule has 0 fully saturated rings. The molecule has 2 unspecified atom stereocenters. The molecule has 0 saturated heterocycles. The van der Waals surface area contributed by atoms with Gasteiger partial charge in [0, 0.05) is 40.3 Å². The zero-order chi connectivity index (χ0) is 62.4. The third-order valence-electron chi connectivity index (χ3n) is 14.7. The summed E-state index contributed by atoms with van der Waals surface area (Å²) in [4.78, 5) is 2.95. The van der Waals surface area contributed by atoms with E-state index in [-0.39, 0.29) is 31.7 Å². The zero-order valence-electron chi connectivity index (χ0n) is 45.9. The molecule has 8 aromatic rings. The van der Waals surface area contributed by atoms with Crippen molar-refractivity contribution in [2.75, 3.05) is 36.0 Å². The molecule has 0 radical (unpaired) electrons. The molecular weight excluding hydrogens is 1170 g/mol. The van der Waals surface area contributed by atoms with Gasteiger partial charge in [0.25, 0.3) is 0 Å². The number of aliphatic hydroxyl groups excluding tert-OH is 2. The van der Waals surface area contributed by atoms with Crippen molar-refractivity contribution in [3.63, 3.8) is 0 Å². The average molecular weight is 1220 g/mol. The number of rotatable bonds is 14. The molecule has 0 amide bonds. The molecule has 0 aromatic heterocycles. The van der Waals surface area contributed by atoms with Gasteiger partial charge in [0.05, 0.1) is 13.1 Å². The number of anilines is 2. The molecule has 4 atom stereocenters. The van der Waals surface area contributed by atoms with E-state index in [1.807, 2.05) is 74.5 Å². The molecule has 0 spiro atoms. The Hall–Kier alpha value is -7.69. The minimum atomic E-state index is -4.87. The number of para-hydroxylation sites is 2. The van der Waals surface area contributed by atoms with E-state index in [1.165, 1.54) is 46.2 Å². The SMILES string of the molecule is Cc1cccc(-c2cccc(C3(Cc4cccc(OC(F)(F)F)c4)CN(C[C@@H](O)C(F)(F)F)c4ccccc43)c2)c1.Cc1cccc(B(O)O)c1.O[C@H](CN1CC(Cc2cccc(OC(F)(F)F)c2)(c2cccc(Cl)c2)c2ccccc21)C(F)(F)F. The van der Waals surface area contributed by atoms with Crippen LogP contribution in [0.2, 0.25) is 5.02 Å². The number of aryl methyl sites for hydroxylation is 2. The van der Waals surface area contributed by atoms with E-state index in [4.69, 9.17) is 21.6 Å². The second-order valence-electron chi connectivity index (χ2n) is 21.1. The second kappa shape index (κ2) is 26.1. The molecule has 2 heterocycles. The predicted octanol–water partition coefficient (Wildman–Crippen LogP) is 14.0. The van der Waals surface area contributed by atoms with Crippen LogP contribution < -0.4 is 24.7 Å². The smallest absolute Gasteiger partial charge is 0.423 e. The van der Waals surface area contributed by atoms with Crippen LogP contribution in [-0.2, 0) is 23.7 Å². The lowest BCUT2D eigenvalue weighted by Gasteiger charge is -2.33. The van der Waals surface area contributed by atoms with Crippen molar-refractivity contribution in [3.05, 3.63) is 244 Å². The number of aliphatic hydroxyl groups is 2. The van der Waals surface area contributed by atoms with Gasteiger partial charge in [-0.1, -0.05) is 168 Å². The highest BCUT2D eigenvalue weighted by Gasteiger charge is 2.49. The molecule has 2 aliphatic heterocycles. The Morgan fingerprint density at radius 2 is 0.884 bits per heavy atom. The summed E-state index contributed by atoms with van der Waals surface area (Å²) in [5.41, 5.74) is 7.48. The summed E-state index contributed by atoms with van der Waals surface area (Å²) >= 11 is 6.25. The maximum absolute atomic E-state index is 13.4. The minimum absolute atomic E-state index is 0.0458. The maximum atomic E-state index is 13.4. The van der Waals surface area contributed by atoms with Crippen LogP contribution in [0.4, 0.5) is 64.1 Å².